The lowest BCUT2D eigenvalue weighted by Gasteiger charge is -2.51. The molecule has 3 fully saturated rings. The van der Waals surface area contributed by atoms with Gasteiger partial charge in [0.15, 0.2) is 0 Å². The number of carbonyl (C=O) groups is 1. The Morgan fingerprint density at radius 2 is 2.17 bits per heavy atom. The van der Waals surface area contributed by atoms with Gasteiger partial charge >= 0.3 is 5.97 Å². The summed E-state index contributed by atoms with van der Waals surface area (Å²) in [7, 11) is 0. The van der Waals surface area contributed by atoms with Crippen molar-refractivity contribution in [2.45, 2.75) is 44.1 Å². The minimum Gasteiger partial charge on any atom is -0.457 e. The first-order valence-electron chi connectivity index (χ1n) is 4.34. The van der Waals surface area contributed by atoms with E-state index < -0.39 is 5.60 Å². The molecule has 3 rings (SSSR count). The van der Waals surface area contributed by atoms with E-state index in [-0.39, 0.29) is 16.8 Å². The Labute approximate surface area is 77.2 Å². The van der Waals surface area contributed by atoms with E-state index in [1.807, 2.05) is 13.8 Å². The lowest BCUT2D eigenvalue weighted by Crippen LogP contribution is -2.57. The molecule has 0 aromatic rings. The Kier molecular flexibility index (Phi) is 1.51. The van der Waals surface area contributed by atoms with Crippen LogP contribution >= 0.6 is 11.6 Å². The fourth-order valence-electron chi connectivity index (χ4n) is 2.03. The largest absolute Gasteiger partial charge is 0.457 e. The third-order valence-corrected chi connectivity index (χ3v) is 3.90. The SMILES string of the molecule is CC12CCC(C)(OC1=O)C(Cl)C2. The number of rotatable bonds is 0. The van der Waals surface area contributed by atoms with Crippen LogP contribution in [0, 0.1) is 5.41 Å². The van der Waals surface area contributed by atoms with Crippen molar-refractivity contribution in [1.29, 1.82) is 0 Å². The van der Waals surface area contributed by atoms with Crippen LogP contribution in [-0.2, 0) is 9.53 Å². The molecular formula is C9H13ClO2. The highest BCUT2D eigenvalue weighted by Gasteiger charge is 2.56. The predicted molar refractivity (Wildman–Crippen MR) is 46.1 cm³/mol. The third kappa shape index (κ3) is 0.905. The van der Waals surface area contributed by atoms with Gasteiger partial charge in [-0.3, -0.25) is 4.79 Å². The van der Waals surface area contributed by atoms with Crippen molar-refractivity contribution >= 4 is 17.6 Å². The number of hydrogen-bond acceptors (Lipinski definition) is 2. The molecule has 2 bridgehead atoms. The fraction of sp³-hybridized carbons (Fsp3) is 0.889. The van der Waals surface area contributed by atoms with Crippen LogP contribution in [0.15, 0.2) is 0 Å². The number of ether oxygens (including phenoxy) is 1. The van der Waals surface area contributed by atoms with Crippen LogP contribution in [0.3, 0.4) is 0 Å². The molecule has 12 heavy (non-hydrogen) atoms. The average Bonchev–Trinajstić information content (AvgIpc) is 1.96. The molecule has 0 radical (unpaired) electrons. The molecule has 0 aromatic carbocycles. The molecule has 0 amide bonds. The maximum Gasteiger partial charge on any atom is 0.312 e. The second-order valence-corrected chi connectivity index (χ2v) is 4.96. The van der Waals surface area contributed by atoms with Crippen molar-refractivity contribution in [2.24, 2.45) is 5.41 Å². The van der Waals surface area contributed by atoms with Crippen molar-refractivity contribution in [2.75, 3.05) is 0 Å². The number of alkyl halides is 1. The highest BCUT2D eigenvalue weighted by Crippen LogP contribution is 2.51. The normalized spacial score (nSPS) is 52.2. The third-order valence-electron chi connectivity index (χ3n) is 3.28. The number of carbonyl (C=O) groups excluding carboxylic acids is 1. The molecule has 2 saturated heterocycles. The molecule has 1 saturated carbocycles. The summed E-state index contributed by atoms with van der Waals surface area (Å²) < 4.78 is 5.32. The molecule has 3 atom stereocenters. The lowest BCUT2D eigenvalue weighted by molar-refractivity contribution is -0.196. The summed E-state index contributed by atoms with van der Waals surface area (Å²) in [5.41, 5.74) is -0.694. The highest BCUT2D eigenvalue weighted by atomic mass is 35.5. The van der Waals surface area contributed by atoms with Gasteiger partial charge in [-0.1, -0.05) is 0 Å². The first kappa shape index (κ1) is 8.36. The van der Waals surface area contributed by atoms with Gasteiger partial charge in [0.05, 0.1) is 10.8 Å². The van der Waals surface area contributed by atoms with Gasteiger partial charge in [0, 0.05) is 0 Å². The quantitative estimate of drug-likeness (QED) is 0.430. The van der Waals surface area contributed by atoms with Gasteiger partial charge in [0.25, 0.3) is 0 Å². The first-order chi connectivity index (χ1) is 5.46. The van der Waals surface area contributed by atoms with E-state index in [2.05, 4.69) is 0 Å². The van der Waals surface area contributed by atoms with Crippen LogP contribution in [0.25, 0.3) is 0 Å². The molecule has 3 unspecified atom stereocenters. The van der Waals surface area contributed by atoms with Gasteiger partial charge in [-0.2, -0.15) is 0 Å². The zero-order valence-corrected chi connectivity index (χ0v) is 8.15. The molecule has 0 aromatic heterocycles. The monoisotopic (exact) mass is 188 g/mol. The van der Waals surface area contributed by atoms with Gasteiger partial charge in [0.2, 0.25) is 0 Å². The Hall–Kier alpha value is -0.240. The highest BCUT2D eigenvalue weighted by molar-refractivity contribution is 6.22. The Morgan fingerprint density at radius 1 is 1.50 bits per heavy atom. The zero-order valence-electron chi connectivity index (χ0n) is 7.39. The molecule has 2 nitrogen and oxygen atoms in total. The van der Waals surface area contributed by atoms with Crippen molar-refractivity contribution in [3.8, 4) is 0 Å². The minimum atomic E-state index is -0.392. The van der Waals surface area contributed by atoms with Crippen LogP contribution < -0.4 is 0 Å². The second-order valence-electron chi connectivity index (χ2n) is 4.43. The van der Waals surface area contributed by atoms with E-state index in [0.717, 1.165) is 19.3 Å². The van der Waals surface area contributed by atoms with E-state index in [0.29, 0.717) is 0 Å². The summed E-state index contributed by atoms with van der Waals surface area (Å²) in [6, 6.07) is 0. The van der Waals surface area contributed by atoms with Crippen LogP contribution in [0.5, 0.6) is 0 Å². The van der Waals surface area contributed by atoms with Crippen molar-refractivity contribution in [3.63, 3.8) is 0 Å². The first-order valence-corrected chi connectivity index (χ1v) is 4.77. The molecule has 3 aliphatic rings. The Balaban J connectivity index is 2.33. The Morgan fingerprint density at radius 3 is 2.58 bits per heavy atom. The van der Waals surface area contributed by atoms with E-state index in [4.69, 9.17) is 16.3 Å². The fourth-order valence-corrected chi connectivity index (χ4v) is 2.52. The smallest absolute Gasteiger partial charge is 0.312 e. The molecule has 3 heteroatoms. The van der Waals surface area contributed by atoms with Gasteiger partial charge in [-0.15, -0.1) is 11.6 Å². The molecule has 2 heterocycles. The molecular weight excluding hydrogens is 176 g/mol. The summed E-state index contributed by atoms with van der Waals surface area (Å²) in [6.45, 7) is 3.88. The van der Waals surface area contributed by atoms with E-state index in [9.17, 15) is 4.79 Å². The molecule has 0 N–H and O–H groups in total. The zero-order chi connectivity index (χ0) is 8.98. The summed E-state index contributed by atoms with van der Waals surface area (Å²) in [5, 5.41) is -0.00560. The van der Waals surface area contributed by atoms with Gasteiger partial charge in [0.1, 0.15) is 5.60 Å². The van der Waals surface area contributed by atoms with Crippen LogP contribution in [0.4, 0.5) is 0 Å². The van der Waals surface area contributed by atoms with Gasteiger partial charge in [-0.05, 0) is 33.1 Å². The van der Waals surface area contributed by atoms with E-state index in [1.54, 1.807) is 0 Å². The maximum atomic E-state index is 11.4. The average molecular weight is 189 g/mol. The van der Waals surface area contributed by atoms with Crippen molar-refractivity contribution in [1.82, 2.24) is 0 Å². The number of halogens is 1. The molecule has 2 aliphatic heterocycles. The van der Waals surface area contributed by atoms with E-state index >= 15 is 0 Å². The van der Waals surface area contributed by atoms with Crippen LogP contribution in [0.2, 0.25) is 0 Å². The standard InChI is InChI=1S/C9H13ClO2/c1-8-3-4-9(2,6(10)5-8)12-7(8)11/h6H,3-5H2,1-2H3. The molecule has 1 aliphatic carbocycles. The topological polar surface area (TPSA) is 26.3 Å². The second kappa shape index (κ2) is 2.16. The molecule has 68 valence electrons. The van der Waals surface area contributed by atoms with Gasteiger partial charge < -0.3 is 4.74 Å². The number of esters is 1. The van der Waals surface area contributed by atoms with E-state index in [1.165, 1.54) is 0 Å². The van der Waals surface area contributed by atoms with Crippen LogP contribution in [-0.4, -0.2) is 16.9 Å². The number of hydrogen-bond donors (Lipinski definition) is 0. The summed E-state index contributed by atoms with van der Waals surface area (Å²) in [5.74, 6) is -0.0619. The van der Waals surface area contributed by atoms with Crippen molar-refractivity contribution < 1.29 is 9.53 Å². The van der Waals surface area contributed by atoms with Crippen molar-refractivity contribution in [3.05, 3.63) is 0 Å². The Bertz CT molecular complexity index is 241. The maximum absolute atomic E-state index is 11.4. The number of fused-ring (bicyclic) bond motifs is 3. The summed E-state index contributed by atoms with van der Waals surface area (Å²) in [6.07, 6.45) is 2.60. The molecule has 0 spiro atoms. The van der Waals surface area contributed by atoms with Gasteiger partial charge in [-0.25, -0.2) is 0 Å². The lowest BCUT2D eigenvalue weighted by atomic mass is 9.67. The summed E-state index contributed by atoms with van der Waals surface area (Å²) in [4.78, 5) is 11.4. The minimum absolute atomic E-state index is 0.00560. The summed E-state index contributed by atoms with van der Waals surface area (Å²) >= 11 is 6.13. The van der Waals surface area contributed by atoms with Crippen LogP contribution in [0.1, 0.15) is 33.1 Å². The predicted octanol–water partition coefficient (Wildman–Crippen LogP) is 2.10.